The number of rotatable bonds is 6. The molecule has 0 bridgehead atoms. The quantitative estimate of drug-likeness (QED) is 0.679. The zero-order valence-corrected chi connectivity index (χ0v) is 16.3. The second kappa shape index (κ2) is 8.48. The number of pyridine rings is 1. The number of nitrogens with zero attached hydrogens (tertiary/aromatic N) is 4. The molecule has 0 aliphatic rings. The maximum Gasteiger partial charge on any atom is 0.227 e. The maximum absolute atomic E-state index is 13.8. The number of hydrogen-bond acceptors (Lipinski definition) is 4. The highest BCUT2D eigenvalue weighted by atomic mass is 35.5. The van der Waals surface area contributed by atoms with E-state index in [2.05, 4.69) is 20.4 Å². The van der Waals surface area contributed by atoms with Crippen molar-refractivity contribution in [3.05, 3.63) is 63.9 Å². The van der Waals surface area contributed by atoms with E-state index in [1.165, 1.54) is 28.9 Å². The van der Waals surface area contributed by atoms with Gasteiger partial charge in [0.15, 0.2) is 5.82 Å². The van der Waals surface area contributed by atoms with E-state index in [4.69, 9.17) is 17.1 Å². The van der Waals surface area contributed by atoms with Crippen molar-refractivity contribution in [1.29, 1.82) is 0 Å². The summed E-state index contributed by atoms with van der Waals surface area (Å²) in [5, 5.41) is 6.20. The van der Waals surface area contributed by atoms with Crippen molar-refractivity contribution >= 4 is 17.5 Å². The largest absolute Gasteiger partial charge is 0.352 e. The molecule has 2 heterocycles. The van der Waals surface area contributed by atoms with E-state index < -0.39 is 24.6 Å². The van der Waals surface area contributed by atoms with Crippen LogP contribution < -0.4 is 5.32 Å². The summed E-state index contributed by atoms with van der Waals surface area (Å²) >= 11 is 5.70. The van der Waals surface area contributed by atoms with Crippen molar-refractivity contribution in [1.82, 2.24) is 25.1 Å². The Morgan fingerprint density at radius 2 is 1.96 bits per heavy atom. The fourth-order valence-electron chi connectivity index (χ4n) is 2.58. The number of hydrogen-bond donors (Lipinski definition) is 1. The van der Waals surface area contributed by atoms with Crippen molar-refractivity contribution in [2.45, 2.75) is 40.2 Å². The zero-order chi connectivity index (χ0) is 23.8. The summed E-state index contributed by atoms with van der Waals surface area (Å²) in [6.07, 6.45) is -2.73. The predicted octanol–water partition coefficient (Wildman–Crippen LogP) is 3.63. The highest BCUT2D eigenvalue weighted by molar-refractivity contribution is 6.30. The van der Waals surface area contributed by atoms with Crippen molar-refractivity contribution < 1.29 is 14.7 Å². The molecule has 2 aromatic heterocycles. The van der Waals surface area contributed by atoms with Crippen molar-refractivity contribution in [3.63, 3.8) is 0 Å². The zero-order valence-electron chi connectivity index (χ0n) is 19.5. The molecular formula is C20H21ClFN5O. The molecule has 28 heavy (non-hydrogen) atoms. The smallest absolute Gasteiger partial charge is 0.227 e. The summed E-state index contributed by atoms with van der Waals surface area (Å²) in [5.74, 6) is -2.24. The summed E-state index contributed by atoms with van der Waals surface area (Å²) in [5.41, 5.74) is 1.52. The highest BCUT2D eigenvalue weighted by Crippen LogP contribution is 2.22. The molecule has 6 nitrogen and oxygen atoms in total. The van der Waals surface area contributed by atoms with Crippen molar-refractivity contribution in [2.24, 2.45) is 0 Å². The summed E-state index contributed by atoms with van der Waals surface area (Å²) in [6.45, 7) is 2.89. The lowest BCUT2D eigenvalue weighted by molar-refractivity contribution is -0.120. The Balaban J connectivity index is 1.94. The van der Waals surface area contributed by atoms with Gasteiger partial charge in [0.05, 0.1) is 14.1 Å². The number of carbonyl (C=O) groups is 1. The van der Waals surface area contributed by atoms with E-state index in [0.717, 1.165) is 6.07 Å². The van der Waals surface area contributed by atoms with Crippen LogP contribution in [0.5, 0.6) is 0 Å². The van der Waals surface area contributed by atoms with E-state index in [9.17, 15) is 9.18 Å². The van der Waals surface area contributed by atoms with Crippen LogP contribution in [-0.2, 0) is 24.2 Å². The Morgan fingerprint density at radius 1 is 1.25 bits per heavy atom. The van der Waals surface area contributed by atoms with Crippen LogP contribution in [0.15, 0.2) is 30.3 Å². The number of amides is 1. The molecule has 0 aliphatic carbocycles. The Morgan fingerprint density at radius 3 is 2.61 bits per heavy atom. The predicted molar refractivity (Wildman–Crippen MR) is 105 cm³/mol. The summed E-state index contributed by atoms with van der Waals surface area (Å²) in [7, 11) is 0. The molecule has 8 heteroatoms. The van der Waals surface area contributed by atoms with Gasteiger partial charge in [0.25, 0.3) is 0 Å². The molecule has 0 saturated carbocycles. The van der Waals surface area contributed by atoms with Gasteiger partial charge in [0.2, 0.25) is 5.91 Å². The van der Waals surface area contributed by atoms with Gasteiger partial charge < -0.3 is 5.32 Å². The molecule has 3 rings (SSSR count). The number of carbonyl (C=O) groups excluding carboxylic acids is 1. The molecule has 0 unspecified atom stereocenters. The molecule has 0 radical (unpaired) electrons. The normalized spacial score (nSPS) is 14.0. The van der Waals surface area contributed by atoms with Crippen LogP contribution in [0.3, 0.4) is 0 Å². The molecule has 146 valence electrons. The van der Waals surface area contributed by atoms with Gasteiger partial charge in [-0.15, -0.1) is 0 Å². The Labute approximate surface area is 173 Å². The van der Waals surface area contributed by atoms with E-state index >= 15 is 0 Å². The molecule has 0 saturated heterocycles. The number of aromatic nitrogens is 4. The minimum absolute atomic E-state index is 0.0116. The lowest BCUT2D eigenvalue weighted by Crippen LogP contribution is -2.26. The van der Waals surface area contributed by atoms with Crippen LogP contribution in [0, 0.1) is 19.7 Å². The monoisotopic (exact) mass is 405 g/mol. The second-order valence-corrected chi connectivity index (χ2v) is 6.45. The summed E-state index contributed by atoms with van der Waals surface area (Å²) in [4.78, 5) is 21.1. The molecule has 0 fully saturated rings. The number of aryl methyl sites for hydroxylation is 3. The molecule has 0 spiro atoms. The van der Waals surface area contributed by atoms with Crippen molar-refractivity contribution in [3.8, 4) is 11.4 Å². The van der Waals surface area contributed by atoms with Gasteiger partial charge in [-0.2, -0.15) is 5.10 Å². The van der Waals surface area contributed by atoms with Crippen molar-refractivity contribution in [2.75, 3.05) is 0 Å². The van der Waals surface area contributed by atoms with E-state index in [1.54, 1.807) is 20.8 Å². The van der Waals surface area contributed by atoms with Crippen LogP contribution in [0.4, 0.5) is 4.39 Å². The first kappa shape index (κ1) is 15.2. The van der Waals surface area contributed by atoms with Gasteiger partial charge in [0.1, 0.15) is 11.6 Å². The minimum Gasteiger partial charge on any atom is -0.352 e. The van der Waals surface area contributed by atoms with E-state index in [1.807, 2.05) is 0 Å². The van der Waals surface area contributed by atoms with E-state index in [-0.39, 0.29) is 34.3 Å². The maximum atomic E-state index is 13.8. The van der Waals surface area contributed by atoms with Crippen LogP contribution >= 0.6 is 11.6 Å². The lowest BCUT2D eigenvalue weighted by atomic mass is 10.2. The molecule has 0 atom stereocenters. The molecule has 3 aromatic rings. The third-order valence-electron chi connectivity index (χ3n) is 3.78. The van der Waals surface area contributed by atoms with Gasteiger partial charge in [0, 0.05) is 32.7 Å². The third-order valence-corrected chi connectivity index (χ3v) is 4.08. The molecule has 1 N–H and O–H groups in total. The number of halogens is 2. The standard InChI is InChI=1S/C20H21ClFN5O/c1-4-27-18(25-20(26-27)15-5-6-16(21)17(22)9-15)10-19(28)23-11-14-7-12(2)24-13(3)8-14/h5-9H,4,10-11H2,1-3H3,(H,23,28)/i10D2,11D2. The number of nitrogens with one attached hydrogen (secondary N) is 1. The summed E-state index contributed by atoms with van der Waals surface area (Å²) < 4.78 is 48.2. The fraction of sp³-hybridized carbons (Fsp3) is 0.300. The van der Waals surface area contributed by atoms with Gasteiger partial charge in [-0.3, -0.25) is 9.78 Å². The van der Waals surface area contributed by atoms with Crippen LogP contribution in [0.25, 0.3) is 11.4 Å². The van der Waals surface area contributed by atoms with Gasteiger partial charge >= 0.3 is 0 Å². The van der Waals surface area contributed by atoms with Gasteiger partial charge in [-0.05, 0) is 56.7 Å². The second-order valence-electron chi connectivity index (χ2n) is 6.05. The molecule has 1 aromatic carbocycles. The lowest BCUT2D eigenvalue weighted by Gasteiger charge is -2.07. The fourth-order valence-corrected chi connectivity index (χ4v) is 2.70. The molecule has 1 amide bonds. The third kappa shape index (κ3) is 4.72. The number of benzene rings is 1. The highest BCUT2D eigenvalue weighted by Gasteiger charge is 2.15. The average molecular weight is 406 g/mol. The SMILES string of the molecule is [2H]C([2H])(NC(=O)C([2H])([2H])c1nc(-c2ccc(Cl)c(F)c2)nn1CC)c1cc(C)nc(C)c1. The first-order valence-electron chi connectivity index (χ1n) is 10.5. The van der Waals surface area contributed by atoms with Gasteiger partial charge in [-0.25, -0.2) is 14.1 Å². The van der Waals surface area contributed by atoms with Crippen LogP contribution in [0.1, 0.15) is 35.2 Å². The van der Waals surface area contributed by atoms with Crippen LogP contribution in [0.2, 0.25) is 5.02 Å². The van der Waals surface area contributed by atoms with E-state index in [0.29, 0.717) is 11.4 Å². The molecule has 0 aliphatic heterocycles. The average Bonchev–Trinajstić information content (AvgIpc) is 3.14. The molecular weight excluding hydrogens is 381 g/mol. The minimum atomic E-state index is -2.73. The van der Waals surface area contributed by atoms with Gasteiger partial charge in [-0.1, -0.05) is 11.6 Å². The van der Waals surface area contributed by atoms with Crippen LogP contribution in [-0.4, -0.2) is 25.7 Å². The topological polar surface area (TPSA) is 72.7 Å². The summed E-state index contributed by atoms with van der Waals surface area (Å²) in [6, 6.07) is 6.87. The first-order chi connectivity index (χ1) is 14.8. The first-order valence-corrected chi connectivity index (χ1v) is 8.92. The Kier molecular flexibility index (Phi) is 4.59. The Hall–Kier alpha value is -2.80. The Bertz CT molecular complexity index is 1160.